The molecule has 0 aliphatic heterocycles. The molecule has 1 unspecified atom stereocenters. The molecule has 0 saturated heterocycles. The van der Waals surface area contributed by atoms with E-state index in [1.165, 1.54) is 17.0 Å². The van der Waals surface area contributed by atoms with Crippen LogP contribution in [0.2, 0.25) is 0 Å². The number of likely N-dealkylation sites (N-methyl/N-ethyl adjacent to an activating group) is 2. The number of amides is 2. The van der Waals surface area contributed by atoms with E-state index in [-0.39, 0.29) is 30.7 Å². The molecule has 0 spiro atoms. The molecule has 156 valence electrons. The SMILES string of the molecule is Cc1ccc(NC(=O)CN(C)C(=O)C[NH+](C)Cc2ccc(OC(F)F)cc2)cc1. The zero-order valence-electron chi connectivity index (χ0n) is 16.7. The van der Waals surface area contributed by atoms with Gasteiger partial charge in [0.1, 0.15) is 12.3 Å². The van der Waals surface area contributed by atoms with Crippen molar-refractivity contribution < 1.29 is 28.0 Å². The zero-order chi connectivity index (χ0) is 21.4. The number of halogens is 2. The van der Waals surface area contributed by atoms with Gasteiger partial charge in [-0.3, -0.25) is 9.59 Å². The van der Waals surface area contributed by atoms with Gasteiger partial charge in [-0.25, -0.2) is 0 Å². The van der Waals surface area contributed by atoms with Gasteiger partial charge in [-0.1, -0.05) is 17.7 Å². The van der Waals surface area contributed by atoms with E-state index in [0.29, 0.717) is 12.2 Å². The summed E-state index contributed by atoms with van der Waals surface area (Å²) in [6.07, 6.45) is 0. The van der Waals surface area contributed by atoms with Gasteiger partial charge in [-0.05, 0) is 43.3 Å². The number of hydrogen-bond donors (Lipinski definition) is 2. The van der Waals surface area contributed by atoms with Gasteiger partial charge in [0.2, 0.25) is 5.91 Å². The van der Waals surface area contributed by atoms with Crippen molar-refractivity contribution in [2.24, 2.45) is 0 Å². The van der Waals surface area contributed by atoms with Crippen LogP contribution in [-0.4, -0.2) is 50.5 Å². The quantitative estimate of drug-likeness (QED) is 0.667. The number of benzene rings is 2. The Balaban J connectivity index is 1.78. The molecule has 0 bridgehead atoms. The Morgan fingerprint density at radius 2 is 1.72 bits per heavy atom. The summed E-state index contributed by atoms with van der Waals surface area (Å²) in [7, 11) is 3.43. The van der Waals surface area contributed by atoms with Gasteiger partial charge < -0.3 is 19.9 Å². The Morgan fingerprint density at radius 1 is 1.10 bits per heavy atom. The molecule has 2 N–H and O–H groups in total. The van der Waals surface area contributed by atoms with Gasteiger partial charge in [0.25, 0.3) is 5.91 Å². The number of rotatable bonds is 9. The fraction of sp³-hybridized carbons (Fsp3) is 0.333. The highest BCUT2D eigenvalue weighted by molar-refractivity contribution is 5.94. The first-order chi connectivity index (χ1) is 13.7. The Kier molecular flexibility index (Phi) is 8.09. The smallest absolute Gasteiger partial charge is 0.387 e. The number of hydrogen-bond acceptors (Lipinski definition) is 3. The second-order valence-electron chi connectivity index (χ2n) is 7.00. The van der Waals surface area contributed by atoms with Crippen LogP contribution in [0.4, 0.5) is 14.5 Å². The van der Waals surface area contributed by atoms with E-state index in [1.807, 2.05) is 38.2 Å². The third-order valence-corrected chi connectivity index (χ3v) is 4.25. The highest BCUT2D eigenvalue weighted by Crippen LogP contribution is 2.14. The van der Waals surface area contributed by atoms with Gasteiger partial charge in [-0.15, -0.1) is 0 Å². The standard InChI is InChI=1S/C21H25F2N3O3/c1-15-4-8-17(9-5-15)24-19(27)13-26(3)20(28)14-25(2)12-16-6-10-18(11-7-16)29-21(22)23/h4-11,21H,12-14H2,1-3H3,(H,24,27)/p+1. The summed E-state index contributed by atoms with van der Waals surface area (Å²) >= 11 is 0. The Bertz CT molecular complexity index is 811. The van der Waals surface area contributed by atoms with E-state index in [0.717, 1.165) is 16.0 Å². The molecule has 2 aromatic carbocycles. The number of carbonyl (C=O) groups excluding carboxylic acids is 2. The molecule has 0 saturated carbocycles. The molecule has 2 rings (SSSR count). The predicted octanol–water partition coefficient (Wildman–Crippen LogP) is 1.71. The predicted molar refractivity (Wildman–Crippen MR) is 106 cm³/mol. The van der Waals surface area contributed by atoms with E-state index < -0.39 is 6.61 Å². The Hall–Kier alpha value is -3.00. The molecule has 6 nitrogen and oxygen atoms in total. The number of anilines is 1. The maximum Gasteiger partial charge on any atom is 0.387 e. The van der Waals surface area contributed by atoms with Crippen LogP contribution in [0.5, 0.6) is 5.75 Å². The maximum atomic E-state index is 12.4. The molecule has 1 atom stereocenters. The summed E-state index contributed by atoms with van der Waals surface area (Å²) in [4.78, 5) is 26.8. The fourth-order valence-corrected chi connectivity index (χ4v) is 2.73. The zero-order valence-corrected chi connectivity index (χ0v) is 16.7. The first kappa shape index (κ1) is 22.3. The maximum absolute atomic E-state index is 12.4. The van der Waals surface area contributed by atoms with Gasteiger partial charge in [0, 0.05) is 18.3 Å². The minimum absolute atomic E-state index is 0.0420. The van der Waals surface area contributed by atoms with Crippen LogP contribution in [0.25, 0.3) is 0 Å². The van der Waals surface area contributed by atoms with Crippen molar-refractivity contribution in [2.45, 2.75) is 20.1 Å². The molecule has 29 heavy (non-hydrogen) atoms. The second kappa shape index (κ2) is 10.5. The van der Waals surface area contributed by atoms with Crippen LogP contribution < -0.4 is 15.0 Å². The lowest BCUT2D eigenvalue weighted by atomic mass is 10.2. The summed E-state index contributed by atoms with van der Waals surface area (Å²) in [5.41, 5.74) is 2.66. The van der Waals surface area contributed by atoms with Crippen molar-refractivity contribution in [2.75, 3.05) is 32.5 Å². The minimum atomic E-state index is -2.86. The van der Waals surface area contributed by atoms with Crippen molar-refractivity contribution >= 4 is 17.5 Å². The third-order valence-electron chi connectivity index (χ3n) is 4.25. The number of nitrogens with one attached hydrogen (secondary N) is 2. The largest absolute Gasteiger partial charge is 0.435 e. The number of carbonyl (C=O) groups is 2. The van der Waals surface area contributed by atoms with Crippen LogP contribution >= 0.6 is 0 Å². The average molecular weight is 406 g/mol. The van der Waals surface area contributed by atoms with Crippen molar-refractivity contribution in [3.05, 3.63) is 59.7 Å². The topological polar surface area (TPSA) is 63.1 Å². The summed E-state index contributed by atoms with van der Waals surface area (Å²) in [6.45, 7) is -0.207. The van der Waals surface area contributed by atoms with E-state index in [1.54, 1.807) is 19.2 Å². The molecule has 8 heteroatoms. The normalized spacial score (nSPS) is 11.8. The third kappa shape index (κ3) is 7.87. The van der Waals surface area contributed by atoms with Crippen molar-refractivity contribution in [1.82, 2.24) is 4.90 Å². The Morgan fingerprint density at radius 3 is 2.31 bits per heavy atom. The molecule has 2 amide bonds. The van der Waals surface area contributed by atoms with Gasteiger partial charge >= 0.3 is 6.61 Å². The molecule has 0 aliphatic carbocycles. The lowest BCUT2D eigenvalue weighted by Gasteiger charge is -2.20. The number of quaternary nitrogens is 1. The number of nitrogens with zero attached hydrogens (tertiary/aromatic N) is 1. The van der Waals surface area contributed by atoms with E-state index in [2.05, 4.69) is 10.1 Å². The number of ether oxygens (including phenoxy) is 1. The molecule has 0 aromatic heterocycles. The van der Waals surface area contributed by atoms with Crippen molar-refractivity contribution in [3.8, 4) is 5.75 Å². The van der Waals surface area contributed by atoms with Gasteiger partial charge in [0.15, 0.2) is 6.54 Å². The monoisotopic (exact) mass is 406 g/mol. The van der Waals surface area contributed by atoms with Gasteiger partial charge in [0.05, 0.1) is 13.6 Å². The minimum Gasteiger partial charge on any atom is -0.435 e. The van der Waals surface area contributed by atoms with Crippen LogP contribution in [0.15, 0.2) is 48.5 Å². The Labute approximate surface area is 169 Å². The first-order valence-electron chi connectivity index (χ1n) is 9.18. The first-order valence-corrected chi connectivity index (χ1v) is 9.18. The van der Waals surface area contributed by atoms with Crippen LogP contribution in [0.1, 0.15) is 11.1 Å². The molecule has 0 heterocycles. The van der Waals surface area contributed by atoms with Crippen molar-refractivity contribution in [3.63, 3.8) is 0 Å². The second-order valence-corrected chi connectivity index (χ2v) is 7.00. The lowest BCUT2D eigenvalue weighted by molar-refractivity contribution is -0.885. The summed E-state index contributed by atoms with van der Waals surface area (Å²) in [6, 6.07) is 13.7. The molecule has 0 fully saturated rings. The van der Waals surface area contributed by atoms with E-state index >= 15 is 0 Å². The highest BCUT2D eigenvalue weighted by Gasteiger charge is 2.17. The number of alkyl halides is 2. The highest BCUT2D eigenvalue weighted by atomic mass is 19.3. The summed E-state index contributed by atoms with van der Waals surface area (Å²) in [5, 5.41) is 2.76. The molecule has 2 aromatic rings. The lowest BCUT2D eigenvalue weighted by Crippen LogP contribution is -3.08. The molecule has 0 radical (unpaired) electrons. The average Bonchev–Trinajstić information content (AvgIpc) is 2.64. The van der Waals surface area contributed by atoms with E-state index in [9.17, 15) is 18.4 Å². The van der Waals surface area contributed by atoms with Gasteiger partial charge in [-0.2, -0.15) is 8.78 Å². The molecule has 0 aliphatic rings. The van der Waals surface area contributed by atoms with Crippen LogP contribution in [0.3, 0.4) is 0 Å². The number of aryl methyl sites for hydroxylation is 1. The summed E-state index contributed by atoms with van der Waals surface area (Å²) in [5.74, 6) is -0.340. The molecular formula is C21H26F2N3O3+. The van der Waals surface area contributed by atoms with Crippen LogP contribution in [0, 0.1) is 6.92 Å². The summed E-state index contributed by atoms with van der Waals surface area (Å²) < 4.78 is 28.7. The molecular weight excluding hydrogens is 380 g/mol. The van der Waals surface area contributed by atoms with Crippen molar-refractivity contribution in [1.29, 1.82) is 0 Å². The van der Waals surface area contributed by atoms with E-state index in [4.69, 9.17) is 0 Å². The van der Waals surface area contributed by atoms with Crippen LogP contribution in [-0.2, 0) is 16.1 Å². The fourth-order valence-electron chi connectivity index (χ4n) is 2.73.